The zero-order chi connectivity index (χ0) is 20.8. The number of aromatic nitrogens is 1. The normalized spacial score (nSPS) is 16.5. The molecule has 1 atom stereocenters. The highest BCUT2D eigenvalue weighted by Crippen LogP contribution is 2.25. The van der Waals surface area contributed by atoms with Crippen molar-refractivity contribution >= 4 is 22.4 Å². The van der Waals surface area contributed by atoms with Crippen LogP contribution in [0.1, 0.15) is 18.9 Å². The Labute approximate surface area is 176 Å². The molecule has 1 fully saturated rings. The molecule has 156 valence electrons. The Hall–Kier alpha value is -3.12. The predicted molar refractivity (Wildman–Crippen MR) is 118 cm³/mol. The van der Waals surface area contributed by atoms with Crippen molar-refractivity contribution in [2.45, 2.75) is 25.9 Å². The molecule has 0 amide bonds. The first-order chi connectivity index (χ1) is 14.7. The molecule has 2 aromatic carbocycles. The Kier molecular flexibility index (Phi) is 6.44. The summed E-state index contributed by atoms with van der Waals surface area (Å²) in [6.07, 6.45) is 4.86. The molecule has 1 N–H and O–H groups in total. The van der Waals surface area contributed by atoms with Gasteiger partial charge in [0.2, 0.25) is 0 Å². The molecule has 1 aliphatic rings. The molecule has 0 radical (unpaired) electrons. The van der Waals surface area contributed by atoms with E-state index in [9.17, 15) is 4.79 Å². The number of ether oxygens (including phenoxy) is 2. The Morgan fingerprint density at radius 1 is 1.20 bits per heavy atom. The third-order valence-corrected chi connectivity index (χ3v) is 5.27. The van der Waals surface area contributed by atoms with E-state index in [1.807, 2.05) is 24.5 Å². The number of pyridine rings is 1. The number of benzene rings is 2. The minimum Gasteiger partial charge on any atom is -0.490 e. The fourth-order valence-electron chi connectivity index (χ4n) is 3.90. The van der Waals surface area contributed by atoms with Crippen molar-refractivity contribution in [2.75, 3.05) is 31.6 Å². The summed E-state index contributed by atoms with van der Waals surface area (Å²) in [6, 6.07) is 16.9. The summed E-state index contributed by atoms with van der Waals surface area (Å²) in [5.74, 6) is 0.516. The zero-order valence-corrected chi connectivity index (χ0v) is 17.2. The highest BCUT2D eigenvalue weighted by molar-refractivity contribution is 5.93. The van der Waals surface area contributed by atoms with Gasteiger partial charge in [-0.3, -0.25) is 14.7 Å². The maximum absolute atomic E-state index is 10.8. The van der Waals surface area contributed by atoms with E-state index in [2.05, 4.69) is 51.6 Å². The van der Waals surface area contributed by atoms with Crippen molar-refractivity contribution in [3.8, 4) is 5.75 Å². The average molecular weight is 405 g/mol. The summed E-state index contributed by atoms with van der Waals surface area (Å²) >= 11 is 0. The second kappa shape index (κ2) is 9.59. The molecule has 30 heavy (non-hydrogen) atoms. The van der Waals surface area contributed by atoms with Crippen molar-refractivity contribution in [1.29, 1.82) is 0 Å². The maximum Gasteiger partial charge on any atom is 0.302 e. The second-order valence-electron chi connectivity index (χ2n) is 7.60. The molecular formula is C24H27N3O3. The standard InChI is InChI=1S/C24H27N3O3/c1-18(28)29-12-13-30-22-6-2-4-19(14-22)16-27-11-9-21(17-27)26-24-7-3-5-20-15-25-10-8-23(20)24/h2-8,10,14-15,21,26H,9,11-13,16-17H2,1H3. The largest absolute Gasteiger partial charge is 0.490 e. The van der Waals surface area contributed by atoms with Gasteiger partial charge in [-0.2, -0.15) is 0 Å². The Bertz CT molecular complexity index is 1000. The molecule has 0 aliphatic carbocycles. The second-order valence-corrected chi connectivity index (χ2v) is 7.60. The van der Waals surface area contributed by atoms with E-state index in [0.29, 0.717) is 12.6 Å². The van der Waals surface area contributed by atoms with Crippen LogP contribution < -0.4 is 10.1 Å². The highest BCUT2D eigenvalue weighted by Gasteiger charge is 2.22. The number of hydrogen-bond donors (Lipinski definition) is 1. The summed E-state index contributed by atoms with van der Waals surface area (Å²) < 4.78 is 10.6. The van der Waals surface area contributed by atoms with Crippen LogP contribution in [-0.2, 0) is 16.1 Å². The zero-order valence-electron chi connectivity index (χ0n) is 17.2. The van der Waals surface area contributed by atoms with E-state index < -0.39 is 0 Å². The minimum absolute atomic E-state index is 0.267. The summed E-state index contributed by atoms with van der Waals surface area (Å²) in [5, 5.41) is 6.09. The first kappa shape index (κ1) is 20.2. The van der Waals surface area contributed by atoms with Crippen LogP contribution in [0.25, 0.3) is 10.8 Å². The van der Waals surface area contributed by atoms with Gasteiger partial charge in [-0.15, -0.1) is 0 Å². The summed E-state index contributed by atoms with van der Waals surface area (Å²) in [5.41, 5.74) is 2.39. The lowest BCUT2D eigenvalue weighted by atomic mass is 10.1. The molecule has 1 saturated heterocycles. The number of rotatable bonds is 8. The maximum atomic E-state index is 10.8. The van der Waals surface area contributed by atoms with Gasteiger partial charge in [0.1, 0.15) is 19.0 Å². The lowest BCUT2D eigenvalue weighted by Crippen LogP contribution is -2.26. The Morgan fingerprint density at radius 3 is 3.00 bits per heavy atom. The van der Waals surface area contributed by atoms with E-state index in [0.717, 1.165) is 37.2 Å². The molecule has 6 heteroatoms. The van der Waals surface area contributed by atoms with Gasteiger partial charge < -0.3 is 14.8 Å². The van der Waals surface area contributed by atoms with Gasteiger partial charge in [0.25, 0.3) is 0 Å². The third-order valence-electron chi connectivity index (χ3n) is 5.27. The number of fused-ring (bicyclic) bond motifs is 1. The molecular weight excluding hydrogens is 378 g/mol. The molecule has 1 unspecified atom stereocenters. The fraction of sp³-hybridized carbons (Fsp3) is 0.333. The van der Waals surface area contributed by atoms with Crippen LogP contribution in [0.2, 0.25) is 0 Å². The molecule has 2 heterocycles. The topological polar surface area (TPSA) is 63.7 Å². The smallest absolute Gasteiger partial charge is 0.302 e. The van der Waals surface area contributed by atoms with Crippen LogP contribution in [0.5, 0.6) is 5.75 Å². The minimum atomic E-state index is -0.287. The van der Waals surface area contributed by atoms with Crippen LogP contribution in [-0.4, -0.2) is 48.2 Å². The number of hydrogen-bond acceptors (Lipinski definition) is 6. The van der Waals surface area contributed by atoms with Crippen molar-refractivity contribution in [3.63, 3.8) is 0 Å². The third kappa shape index (κ3) is 5.27. The summed E-state index contributed by atoms with van der Waals surface area (Å²) in [4.78, 5) is 17.5. The Balaban J connectivity index is 1.31. The van der Waals surface area contributed by atoms with Crippen LogP contribution in [0.4, 0.5) is 5.69 Å². The van der Waals surface area contributed by atoms with Gasteiger partial charge >= 0.3 is 5.97 Å². The van der Waals surface area contributed by atoms with E-state index in [4.69, 9.17) is 9.47 Å². The summed E-state index contributed by atoms with van der Waals surface area (Å²) in [7, 11) is 0. The van der Waals surface area contributed by atoms with Crippen LogP contribution in [0, 0.1) is 0 Å². The van der Waals surface area contributed by atoms with Crippen LogP contribution in [0.3, 0.4) is 0 Å². The van der Waals surface area contributed by atoms with Crippen molar-refractivity contribution in [1.82, 2.24) is 9.88 Å². The van der Waals surface area contributed by atoms with Crippen molar-refractivity contribution < 1.29 is 14.3 Å². The van der Waals surface area contributed by atoms with Gasteiger partial charge in [-0.1, -0.05) is 24.3 Å². The SMILES string of the molecule is CC(=O)OCCOc1cccc(CN2CCC(Nc3cccc4cnccc34)C2)c1. The molecule has 4 rings (SSSR count). The van der Waals surface area contributed by atoms with E-state index in [1.165, 1.54) is 23.6 Å². The number of esters is 1. The van der Waals surface area contributed by atoms with Gasteiger partial charge in [0.15, 0.2) is 0 Å². The number of likely N-dealkylation sites (tertiary alicyclic amines) is 1. The van der Waals surface area contributed by atoms with Gasteiger partial charge in [-0.05, 0) is 36.2 Å². The highest BCUT2D eigenvalue weighted by atomic mass is 16.6. The molecule has 1 aromatic heterocycles. The molecule has 1 aliphatic heterocycles. The van der Waals surface area contributed by atoms with E-state index >= 15 is 0 Å². The lowest BCUT2D eigenvalue weighted by molar-refractivity contribution is -0.141. The fourth-order valence-corrected chi connectivity index (χ4v) is 3.90. The van der Waals surface area contributed by atoms with E-state index in [-0.39, 0.29) is 12.6 Å². The van der Waals surface area contributed by atoms with Crippen LogP contribution >= 0.6 is 0 Å². The molecule has 6 nitrogen and oxygen atoms in total. The average Bonchev–Trinajstić information content (AvgIpc) is 3.18. The first-order valence-electron chi connectivity index (χ1n) is 10.3. The van der Waals surface area contributed by atoms with Gasteiger partial charge in [-0.25, -0.2) is 0 Å². The number of carbonyl (C=O) groups is 1. The van der Waals surface area contributed by atoms with Gasteiger partial charge in [0.05, 0.1) is 0 Å². The summed E-state index contributed by atoms with van der Waals surface area (Å²) in [6.45, 7) is 4.97. The number of nitrogens with zero attached hydrogens (tertiary/aromatic N) is 2. The Morgan fingerprint density at radius 2 is 2.10 bits per heavy atom. The molecule has 0 bridgehead atoms. The first-order valence-corrected chi connectivity index (χ1v) is 10.3. The van der Waals surface area contributed by atoms with Crippen molar-refractivity contribution in [3.05, 3.63) is 66.5 Å². The van der Waals surface area contributed by atoms with Crippen LogP contribution in [0.15, 0.2) is 60.9 Å². The van der Waals surface area contributed by atoms with Gasteiger partial charge in [0, 0.05) is 61.5 Å². The molecule has 3 aromatic rings. The quantitative estimate of drug-likeness (QED) is 0.454. The number of nitrogens with one attached hydrogen (secondary N) is 1. The number of carbonyl (C=O) groups excluding carboxylic acids is 1. The monoisotopic (exact) mass is 405 g/mol. The predicted octanol–water partition coefficient (Wildman–Crippen LogP) is 3.86. The van der Waals surface area contributed by atoms with E-state index in [1.54, 1.807) is 0 Å². The van der Waals surface area contributed by atoms with Crippen molar-refractivity contribution in [2.24, 2.45) is 0 Å². The molecule has 0 spiro atoms. The number of anilines is 1. The molecule has 0 saturated carbocycles. The lowest BCUT2D eigenvalue weighted by Gasteiger charge is -2.19.